The first-order chi connectivity index (χ1) is 13.2. The van der Waals surface area contributed by atoms with E-state index in [1.165, 1.54) is 19.1 Å². The fourth-order valence-electron chi connectivity index (χ4n) is 3.43. The average molecular weight is 392 g/mol. The molecule has 1 aromatic carbocycles. The third kappa shape index (κ3) is 5.21. The second-order valence-corrected chi connectivity index (χ2v) is 7.30. The minimum atomic E-state index is -0.998. The number of nitro groups is 1. The Bertz CT molecular complexity index is 735. The minimum Gasteiger partial charge on any atom is -0.487 e. The van der Waals surface area contributed by atoms with Crippen molar-refractivity contribution in [1.82, 2.24) is 5.32 Å². The Labute approximate surface area is 164 Å². The number of esters is 1. The van der Waals surface area contributed by atoms with Gasteiger partial charge in [-0.1, -0.05) is 26.7 Å². The summed E-state index contributed by atoms with van der Waals surface area (Å²) in [6.45, 7) is 7.75. The number of hydrogen-bond donors (Lipinski definition) is 1. The van der Waals surface area contributed by atoms with Crippen LogP contribution in [0.3, 0.4) is 0 Å². The molecule has 8 nitrogen and oxygen atoms in total. The number of rotatable bonds is 7. The van der Waals surface area contributed by atoms with E-state index in [2.05, 4.69) is 19.2 Å². The Balaban J connectivity index is 2.02. The van der Waals surface area contributed by atoms with Crippen molar-refractivity contribution in [1.29, 1.82) is 0 Å². The van der Waals surface area contributed by atoms with Crippen molar-refractivity contribution in [2.45, 2.75) is 59.1 Å². The van der Waals surface area contributed by atoms with Crippen molar-refractivity contribution in [2.24, 2.45) is 11.8 Å². The van der Waals surface area contributed by atoms with Gasteiger partial charge in [0.15, 0.2) is 11.9 Å². The maximum Gasteiger partial charge on any atom is 0.339 e. The first-order valence-corrected chi connectivity index (χ1v) is 9.67. The van der Waals surface area contributed by atoms with Crippen LogP contribution in [0.1, 0.15) is 57.3 Å². The molecule has 0 heterocycles. The molecule has 0 aromatic heterocycles. The zero-order valence-electron chi connectivity index (χ0n) is 16.8. The number of benzene rings is 1. The second-order valence-electron chi connectivity index (χ2n) is 7.30. The smallest absolute Gasteiger partial charge is 0.339 e. The Morgan fingerprint density at radius 2 is 2.04 bits per heavy atom. The summed E-state index contributed by atoms with van der Waals surface area (Å²) >= 11 is 0. The zero-order chi connectivity index (χ0) is 20.8. The highest BCUT2D eigenvalue weighted by Gasteiger charge is 2.30. The highest BCUT2D eigenvalue weighted by atomic mass is 16.6. The van der Waals surface area contributed by atoms with E-state index < -0.39 is 17.0 Å². The van der Waals surface area contributed by atoms with Gasteiger partial charge in [-0.15, -0.1) is 0 Å². The molecule has 0 spiro atoms. The number of nitrogens with zero attached hydrogens (tertiary/aromatic N) is 1. The third-order valence-corrected chi connectivity index (χ3v) is 5.38. The van der Waals surface area contributed by atoms with Crippen molar-refractivity contribution in [3.8, 4) is 5.75 Å². The van der Waals surface area contributed by atoms with Gasteiger partial charge in [-0.25, -0.2) is 4.79 Å². The molecule has 2 rings (SSSR count). The molecule has 154 valence electrons. The lowest BCUT2D eigenvalue weighted by Crippen LogP contribution is -2.47. The number of hydrogen-bond acceptors (Lipinski definition) is 6. The number of nitrogens with one attached hydrogen (secondary N) is 1. The van der Waals surface area contributed by atoms with E-state index in [1.54, 1.807) is 6.92 Å². The Kier molecular flexibility index (Phi) is 7.37. The van der Waals surface area contributed by atoms with E-state index in [0.717, 1.165) is 25.3 Å². The molecule has 1 aromatic rings. The summed E-state index contributed by atoms with van der Waals surface area (Å²) in [6, 6.07) is 3.90. The van der Waals surface area contributed by atoms with Gasteiger partial charge in [-0.3, -0.25) is 14.9 Å². The lowest BCUT2D eigenvalue weighted by atomic mass is 9.78. The van der Waals surface area contributed by atoms with Crippen molar-refractivity contribution >= 4 is 17.6 Å². The molecule has 1 saturated carbocycles. The number of nitro benzene ring substituents is 1. The third-order valence-electron chi connectivity index (χ3n) is 5.38. The van der Waals surface area contributed by atoms with Crippen LogP contribution >= 0.6 is 0 Å². The van der Waals surface area contributed by atoms with Crippen LogP contribution in [0, 0.1) is 22.0 Å². The second kappa shape index (κ2) is 9.52. The Morgan fingerprint density at radius 1 is 1.32 bits per heavy atom. The maximum absolute atomic E-state index is 12.4. The summed E-state index contributed by atoms with van der Waals surface area (Å²) in [6.07, 6.45) is 2.11. The fourth-order valence-corrected chi connectivity index (χ4v) is 3.43. The summed E-state index contributed by atoms with van der Waals surface area (Å²) in [5.41, 5.74) is -0.326. The summed E-state index contributed by atoms with van der Waals surface area (Å²) < 4.78 is 10.4. The topological polar surface area (TPSA) is 108 Å². The van der Waals surface area contributed by atoms with E-state index in [-0.39, 0.29) is 35.6 Å². The monoisotopic (exact) mass is 392 g/mol. The summed E-state index contributed by atoms with van der Waals surface area (Å²) in [5, 5.41) is 14.2. The van der Waals surface area contributed by atoms with Crippen molar-refractivity contribution in [3.63, 3.8) is 0 Å². The molecular formula is C20H28N2O6. The molecule has 28 heavy (non-hydrogen) atoms. The first-order valence-electron chi connectivity index (χ1n) is 9.67. The maximum atomic E-state index is 12.4. The van der Waals surface area contributed by atoms with Crippen LogP contribution in [0.15, 0.2) is 18.2 Å². The van der Waals surface area contributed by atoms with Crippen LogP contribution in [0.25, 0.3) is 0 Å². The molecule has 0 bridgehead atoms. The molecule has 1 aliphatic carbocycles. The van der Waals surface area contributed by atoms with E-state index in [0.29, 0.717) is 11.8 Å². The number of carbonyl (C=O) groups is 2. The highest BCUT2D eigenvalue weighted by molar-refractivity contribution is 5.93. The zero-order valence-corrected chi connectivity index (χ0v) is 16.8. The normalized spacial score (nSPS) is 22.8. The molecule has 4 atom stereocenters. The molecular weight excluding hydrogens is 364 g/mol. The Hall–Kier alpha value is -2.64. The van der Waals surface area contributed by atoms with Crippen molar-refractivity contribution in [3.05, 3.63) is 33.9 Å². The van der Waals surface area contributed by atoms with E-state index in [9.17, 15) is 19.7 Å². The molecule has 1 N–H and O–H groups in total. The van der Waals surface area contributed by atoms with Gasteiger partial charge >= 0.3 is 11.7 Å². The van der Waals surface area contributed by atoms with Crippen molar-refractivity contribution < 1.29 is 24.0 Å². The van der Waals surface area contributed by atoms with Crippen molar-refractivity contribution in [2.75, 3.05) is 6.61 Å². The summed E-state index contributed by atoms with van der Waals surface area (Å²) in [5.74, 6) is -0.190. The van der Waals surface area contributed by atoms with Gasteiger partial charge < -0.3 is 14.8 Å². The van der Waals surface area contributed by atoms with Crippen LogP contribution in [0.5, 0.6) is 5.75 Å². The van der Waals surface area contributed by atoms with Gasteiger partial charge in [0.25, 0.3) is 5.91 Å². The molecule has 1 fully saturated rings. The van der Waals surface area contributed by atoms with Gasteiger partial charge in [0.2, 0.25) is 0 Å². The van der Waals surface area contributed by atoms with Crippen LogP contribution in [0.2, 0.25) is 0 Å². The molecule has 0 saturated heterocycles. The lowest BCUT2D eigenvalue weighted by molar-refractivity contribution is -0.385. The fraction of sp³-hybridized carbons (Fsp3) is 0.600. The number of carbonyl (C=O) groups excluding carboxylic acids is 2. The van der Waals surface area contributed by atoms with E-state index >= 15 is 0 Å². The van der Waals surface area contributed by atoms with Crippen LogP contribution in [-0.4, -0.2) is 35.6 Å². The standard InChI is InChI=1S/C20H28N2O6/c1-5-27-18-10-9-15(11-17(18)22(25)26)20(24)28-14(4)19(23)21-16-8-6-7-12(2)13(16)3/h9-14,16H,5-8H2,1-4H3,(H,21,23)/t12-,13-,14+,16-/m0/s1. The van der Waals surface area contributed by atoms with Gasteiger partial charge in [-0.05, 0) is 44.2 Å². The number of ether oxygens (including phenoxy) is 2. The summed E-state index contributed by atoms with van der Waals surface area (Å²) in [7, 11) is 0. The molecule has 0 unspecified atom stereocenters. The van der Waals surface area contributed by atoms with Crippen LogP contribution in [-0.2, 0) is 9.53 Å². The summed E-state index contributed by atoms with van der Waals surface area (Å²) in [4.78, 5) is 35.3. The van der Waals surface area contributed by atoms with E-state index in [1.807, 2.05) is 0 Å². The molecule has 1 amide bonds. The Morgan fingerprint density at radius 3 is 2.68 bits per heavy atom. The predicted octanol–water partition coefficient (Wildman–Crippen LogP) is 3.48. The number of amides is 1. The van der Waals surface area contributed by atoms with Crippen LogP contribution < -0.4 is 10.1 Å². The molecule has 1 aliphatic rings. The van der Waals surface area contributed by atoms with E-state index in [4.69, 9.17) is 9.47 Å². The minimum absolute atomic E-state index is 0.00513. The largest absolute Gasteiger partial charge is 0.487 e. The highest BCUT2D eigenvalue weighted by Crippen LogP contribution is 2.30. The van der Waals surface area contributed by atoms with Gasteiger partial charge in [0.1, 0.15) is 0 Å². The van der Waals surface area contributed by atoms with Crippen LogP contribution in [0.4, 0.5) is 5.69 Å². The molecule has 0 radical (unpaired) electrons. The molecule has 8 heteroatoms. The van der Waals surface area contributed by atoms with Gasteiger partial charge in [0, 0.05) is 12.1 Å². The SMILES string of the molecule is CCOc1ccc(C(=O)O[C@H](C)C(=O)N[C@H]2CCC[C@H](C)[C@@H]2C)cc1[N+](=O)[O-]. The van der Waals surface area contributed by atoms with Gasteiger partial charge in [-0.2, -0.15) is 0 Å². The quantitative estimate of drug-likeness (QED) is 0.432. The first kappa shape index (κ1) is 21.7. The predicted molar refractivity (Wildman–Crippen MR) is 103 cm³/mol. The average Bonchev–Trinajstić information content (AvgIpc) is 2.65. The lowest BCUT2D eigenvalue weighted by Gasteiger charge is -2.35. The molecule has 0 aliphatic heterocycles. The van der Waals surface area contributed by atoms with Gasteiger partial charge in [0.05, 0.1) is 17.1 Å².